The Hall–Kier alpha value is -1.06. The van der Waals surface area contributed by atoms with Gasteiger partial charge in [-0.2, -0.15) is 0 Å². The van der Waals surface area contributed by atoms with Crippen molar-refractivity contribution in [1.29, 1.82) is 5.41 Å². The number of piperazine rings is 1. The maximum absolute atomic E-state index is 11.5. The van der Waals surface area contributed by atoms with Crippen molar-refractivity contribution in [3.63, 3.8) is 0 Å². The zero-order valence-corrected chi connectivity index (χ0v) is 9.96. The molecule has 1 aliphatic heterocycles. The first-order valence-electron chi connectivity index (χ1n) is 6.33. The number of nitrogens with one attached hydrogen (secondary N) is 2. The minimum Gasteiger partial charge on any atom is -0.353 e. The Morgan fingerprint density at radius 1 is 1.38 bits per heavy atom. The third-order valence-corrected chi connectivity index (χ3v) is 3.80. The number of hydrogen-bond acceptors (Lipinski definition) is 2. The Balaban J connectivity index is 1.99. The van der Waals surface area contributed by atoms with Crippen molar-refractivity contribution >= 4 is 11.7 Å². The van der Waals surface area contributed by atoms with Gasteiger partial charge in [-0.05, 0) is 19.8 Å². The van der Waals surface area contributed by atoms with Gasteiger partial charge in [-0.1, -0.05) is 19.3 Å². The number of carbonyl (C=O) groups is 1. The summed E-state index contributed by atoms with van der Waals surface area (Å²) in [6, 6.07) is -0.164. The molecule has 0 aromatic rings. The molecule has 0 radical (unpaired) electrons. The van der Waals surface area contributed by atoms with Gasteiger partial charge in [0.1, 0.15) is 6.04 Å². The summed E-state index contributed by atoms with van der Waals surface area (Å²) in [7, 11) is 0. The van der Waals surface area contributed by atoms with Gasteiger partial charge in [-0.3, -0.25) is 10.2 Å². The molecule has 1 atom stereocenters. The Bertz CT molecular complexity index is 284. The van der Waals surface area contributed by atoms with Gasteiger partial charge in [0, 0.05) is 19.0 Å². The molecule has 0 aromatic heterocycles. The largest absolute Gasteiger partial charge is 0.353 e. The smallest absolute Gasteiger partial charge is 0.242 e. The highest BCUT2D eigenvalue weighted by molar-refractivity contribution is 5.90. The lowest BCUT2D eigenvalue weighted by Gasteiger charge is -2.38. The van der Waals surface area contributed by atoms with Crippen LogP contribution in [0.25, 0.3) is 0 Å². The lowest BCUT2D eigenvalue weighted by Crippen LogP contribution is -2.57. The van der Waals surface area contributed by atoms with Crippen LogP contribution < -0.4 is 5.32 Å². The number of nitrogens with zero attached hydrogens (tertiary/aromatic N) is 1. The van der Waals surface area contributed by atoms with Crippen molar-refractivity contribution in [3.8, 4) is 0 Å². The molecule has 0 aromatic carbocycles. The zero-order valence-electron chi connectivity index (χ0n) is 9.96. The molecule has 90 valence electrons. The minimum atomic E-state index is -0.164. The summed E-state index contributed by atoms with van der Waals surface area (Å²) in [6.07, 6.45) is 6.04. The highest BCUT2D eigenvalue weighted by Gasteiger charge is 2.31. The average Bonchev–Trinajstić information content (AvgIpc) is 2.33. The molecule has 16 heavy (non-hydrogen) atoms. The third-order valence-electron chi connectivity index (χ3n) is 3.80. The molecular formula is C12H21N3O. The van der Waals surface area contributed by atoms with Gasteiger partial charge in [-0.25, -0.2) is 0 Å². The number of hydrogen-bond donors (Lipinski definition) is 2. The first kappa shape index (κ1) is 11.4. The van der Waals surface area contributed by atoms with E-state index in [1.54, 1.807) is 0 Å². The molecule has 2 fully saturated rings. The van der Waals surface area contributed by atoms with Crippen LogP contribution in [0.2, 0.25) is 0 Å². The Labute approximate surface area is 96.9 Å². The highest BCUT2D eigenvalue weighted by Crippen LogP contribution is 2.26. The quantitative estimate of drug-likeness (QED) is 0.521. The van der Waals surface area contributed by atoms with Crippen LogP contribution in [0.4, 0.5) is 0 Å². The first-order valence-corrected chi connectivity index (χ1v) is 6.33. The molecule has 0 spiro atoms. The van der Waals surface area contributed by atoms with E-state index < -0.39 is 0 Å². The third kappa shape index (κ3) is 2.20. The molecular weight excluding hydrogens is 202 g/mol. The van der Waals surface area contributed by atoms with Gasteiger partial charge >= 0.3 is 0 Å². The molecule has 4 heteroatoms. The summed E-state index contributed by atoms with van der Waals surface area (Å²) >= 11 is 0. The molecule has 2 rings (SSSR count). The van der Waals surface area contributed by atoms with E-state index >= 15 is 0 Å². The SMILES string of the molecule is CC1C(=O)NCCN1C(=N)C1CCCCC1. The van der Waals surface area contributed by atoms with Crippen molar-refractivity contribution < 1.29 is 4.79 Å². The van der Waals surface area contributed by atoms with E-state index in [1.165, 1.54) is 19.3 Å². The summed E-state index contributed by atoms with van der Waals surface area (Å²) < 4.78 is 0. The predicted octanol–water partition coefficient (Wildman–Crippen LogP) is 1.36. The van der Waals surface area contributed by atoms with Crippen LogP contribution in [0.3, 0.4) is 0 Å². The fourth-order valence-electron chi connectivity index (χ4n) is 2.72. The van der Waals surface area contributed by atoms with Gasteiger partial charge in [-0.15, -0.1) is 0 Å². The summed E-state index contributed by atoms with van der Waals surface area (Å²) in [5, 5.41) is 11.1. The number of amidine groups is 1. The normalized spacial score (nSPS) is 27.7. The number of rotatable bonds is 1. The number of carbonyl (C=O) groups excluding carboxylic acids is 1. The van der Waals surface area contributed by atoms with E-state index in [1.807, 2.05) is 11.8 Å². The van der Waals surface area contributed by atoms with Crippen LogP contribution >= 0.6 is 0 Å². The van der Waals surface area contributed by atoms with Gasteiger partial charge in [0.15, 0.2) is 0 Å². The van der Waals surface area contributed by atoms with Crippen molar-refractivity contribution in [1.82, 2.24) is 10.2 Å². The highest BCUT2D eigenvalue weighted by atomic mass is 16.2. The van der Waals surface area contributed by atoms with Crippen LogP contribution in [0.1, 0.15) is 39.0 Å². The molecule has 1 saturated carbocycles. The molecule has 2 N–H and O–H groups in total. The molecule has 1 heterocycles. The second-order valence-corrected chi connectivity index (χ2v) is 4.88. The van der Waals surface area contributed by atoms with E-state index in [9.17, 15) is 4.79 Å². The van der Waals surface area contributed by atoms with E-state index in [0.29, 0.717) is 18.3 Å². The topological polar surface area (TPSA) is 56.2 Å². The Kier molecular flexibility index (Phi) is 3.46. The summed E-state index contributed by atoms with van der Waals surface area (Å²) in [4.78, 5) is 13.5. The Morgan fingerprint density at radius 2 is 2.06 bits per heavy atom. The molecule has 1 amide bonds. The lowest BCUT2D eigenvalue weighted by molar-refractivity contribution is -0.126. The molecule has 4 nitrogen and oxygen atoms in total. The standard InChI is InChI=1S/C12H21N3O/c1-9-12(16)14-7-8-15(9)11(13)10-5-3-2-4-6-10/h9-10,13H,2-8H2,1H3,(H,14,16). The average molecular weight is 223 g/mol. The molecule has 1 aliphatic carbocycles. The maximum Gasteiger partial charge on any atom is 0.242 e. The van der Waals surface area contributed by atoms with Crippen molar-refractivity contribution in [3.05, 3.63) is 0 Å². The van der Waals surface area contributed by atoms with E-state index in [0.717, 1.165) is 19.4 Å². The molecule has 1 unspecified atom stereocenters. The van der Waals surface area contributed by atoms with Gasteiger partial charge in [0.05, 0.1) is 5.84 Å². The van der Waals surface area contributed by atoms with Crippen molar-refractivity contribution in [2.24, 2.45) is 5.92 Å². The van der Waals surface area contributed by atoms with E-state index in [-0.39, 0.29) is 11.9 Å². The minimum absolute atomic E-state index is 0.0619. The molecule has 0 bridgehead atoms. The summed E-state index contributed by atoms with van der Waals surface area (Å²) in [5.74, 6) is 1.15. The number of amides is 1. The second-order valence-electron chi connectivity index (χ2n) is 4.88. The van der Waals surface area contributed by atoms with Crippen molar-refractivity contribution in [2.45, 2.75) is 45.1 Å². The monoisotopic (exact) mass is 223 g/mol. The second kappa shape index (κ2) is 4.85. The van der Waals surface area contributed by atoms with Crippen LogP contribution in [0.5, 0.6) is 0 Å². The van der Waals surface area contributed by atoms with E-state index in [4.69, 9.17) is 5.41 Å². The predicted molar refractivity (Wildman–Crippen MR) is 63.5 cm³/mol. The van der Waals surface area contributed by atoms with Gasteiger partial charge < -0.3 is 10.2 Å². The lowest BCUT2D eigenvalue weighted by atomic mass is 9.87. The summed E-state index contributed by atoms with van der Waals surface area (Å²) in [5.41, 5.74) is 0. The fraction of sp³-hybridized carbons (Fsp3) is 0.833. The van der Waals surface area contributed by atoms with Crippen LogP contribution in [-0.2, 0) is 4.79 Å². The molecule has 1 saturated heterocycles. The maximum atomic E-state index is 11.5. The first-order chi connectivity index (χ1) is 7.70. The van der Waals surface area contributed by atoms with Crippen LogP contribution in [-0.4, -0.2) is 35.8 Å². The zero-order chi connectivity index (χ0) is 11.5. The van der Waals surface area contributed by atoms with E-state index in [2.05, 4.69) is 5.32 Å². The Morgan fingerprint density at radius 3 is 2.75 bits per heavy atom. The van der Waals surface area contributed by atoms with Crippen LogP contribution in [0, 0.1) is 11.3 Å². The molecule has 2 aliphatic rings. The van der Waals surface area contributed by atoms with Gasteiger partial charge in [0.25, 0.3) is 0 Å². The fourth-order valence-corrected chi connectivity index (χ4v) is 2.72. The summed E-state index contributed by atoms with van der Waals surface area (Å²) in [6.45, 7) is 3.37. The van der Waals surface area contributed by atoms with Crippen molar-refractivity contribution in [2.75, 3.05) is 13.1 Å². The van der Waals surface area contributed by atoms with Gasteiger partial charge in [0.2, 0.25) is 5.91 Å². The van der Waals surface area contributed by atoms with Crippen LogP contribution in [0.15, 0.2) is 0 Å².